The van der Waals surface area contributed by atoms with Gasteiger partial charge in [0.1, 0.15) is 17.5 Å². The molecule has 0 aromatic carbocycles. The average Bonchev–Trinajstić information content (AvgIpc) is 3.31. The number of hydrogen-bond acceptors (Lipinski definition) is 5. The lowest BCUT2D eigenvalue weighted by atomic mass is 9.84. The predicted molar refractivity (Wildman–Crippen MR) is 81.5 cm³/mol. The zero-order valence-electron chi connectivity index (χ0n) is 12.2. The van der Waals surface area contributed by atoms with Crippen LogP contribution in [0, 0.1) is 5.92 Å². The number of aromatic nitrogens is 2. The van der Waals surface area contributed by atoms with Crippen molar-refractivity contribution in [1.29, 1.82) is 0 Å². The largest absolute Gasteiger partial charge is 0.367 e. The lowest BCUT2D eigenvalue weighted by Gasteiger charge is -2.29. The van der Waals surface area contributed by atoms with E-state index in [4.69, 9.17) is 5.84 Å². The second-order valence-corrected chi connectivity index (χ2v) is 6.20. The molecule has 2 unspecified atom stereocenters. The van der Waals surface area contributed by atoms with E-state index in [1.54, 1.807) is 0 Å². The van der Waals surface area contributed by atoms with Crippen molar-refractivity contribution < 1.29 is 0 Å². The highest BCUT2D eigenvalue weighted by atomic mass is 15.3. The summed E-state index contributed by atoms with van der Waals surface area (Å²) in [6.45, 7) is 2.29. The Morgan fingerprint density at radius 1 is 1.20 bits per heavy atom. The lowest BCUT2D eigenvalue weighted by molar-refractivity contribution is 0.327. The fraction of sp³-hybridized carbons (Fsp3) is 0.733. The quantitative estimate of drug-likeness (QED) is 0.569. The average molecular weight is 275 g/mol. The van der Waals surface area contributed by atoms with Gasteiger partial charge in [0.05, 0.1) is 0 Å². The minimum Gasteiger partial charge on any atom is -0.367 e. The summed E-state index contributed by atoms with van der Waals surface area (Å²) >= 11 is 0. The molecular weight excluding hydrogens is 250 g/mol. The Morgan fingerprint density at radius 3 is 2.70 bits per heavy atom. The molecule has 0 amide bonds. The normalized spacial score (nSPS) is 26.3. The molecule has 0 spiro atoms. The number of hydrogen-bond donors (Lipinski definition) is 3. The van der Waals surface area contributed by atoms with Crippen molar-refractivity contribution in [1.82, 2.24) is 9.97 Å². The second kappa shape index (κ2) is 5.95. The Kier molecular flexibility index (Phi) is 4.05. The number of nitrogens with two attached hydrogens (primary N) is 1. The van der Waals surface area contributed by atoms with Crippen molar-refractivity contribution in [3.63, 3.8) is 0 Å². The number of nitrogens with zero attached hydrogens (tertiary/aromatic N) is 2. The maximum Gasteiger partial charge on any atom is 0.145 e. The maximum atomic E-state index is 5.52. The van der Waals surface area contributed by atoms with Gasteiger partial charge in [-0.25, -0.2) is 15.8 Å². The lowest BCUT2D eigenvalue weighted by Crippen LogP contribution is -2.27. The molecule has 2 aliphatic carbocycles. The Bertz CT molecular complexity index is 458. The van der Waals surface area contributed by atoms with E-state index in [2.05, 4.69) is 27.6 Å². The van der Waals surface area contributed by atoms with Crippen molar-refractivity contribution in [3.05, 3.63) is 11.9 Å². The van der Waals surface area contributed by atoms with Crippen LogP contribution in [-0.4, -0.2) is 16.0 Å². The molecule has 5 heteroatoms. The van der Waals surface area contributed by atoms with E-state index in [1.807, 2.05) is 6.07 Å². The number of anilines is 2. The SMILES string of the molecule is CCC1CCCC(Nc2cc(NN)nc(C3CC3)n2)C1. The van der Waals surface area contributed by atoms with Crippen molar-refractivity contribution in [2.75, 3.05) is 10.7 Å². The first kappa shape index (κ1) is 13.6. The van der Waals surface area contributed by atoms with Gasteiger partial charge in [0, 0.05) is 18.0 Å². The molecule has 0 radical (unpaired) electrons. The van der Waals surface area contributed by atoms with Crippen LogP contribution in [0.3, 0.4) is 0 Å². The molecule has 110 valence electrons. The number of nitrogen functional groups attached to an aromatic ring is 1. The van der Waals surface area contributed by atoms with E-state index in [1.165, 1.54) is 44.9 Å². The molecule has 2 fully saturated rings. The molecule has 20 heavy (non-hydrogen) atoms. The molecule has 2 saturated carbocycles. The molecule has 5 nitrogen and oxygen atoms in total. The fourth-order valence-corrected chi connectivity index (χ4v) is 3.14. The van der Waals surface area contributed by atoms with Crippen LogP contribution in [-0.2, 0) is 0 Å². The smallest absolute Gasteiger partial charge is 0.145 e. The first-order valence-electron chi connectivity index (χ1n) is 7.90. The van der Waals surface area contributed by atoms with Crippen molar-refractivity contribution in [2.24, 2.45) is 11.8 Å². The fourth-order valence-electron chi connectivity index (χ4n) is 3.14. The van der Waals surface area contributed by atoms with Gasteiger partial charge in [-0.15, -0.1) is 0 Å². The van der Waals surface area contributed by atoms with E-state index in [9.17, 15) is 0 Å². The van der Waals surface area contributed by atoms with E-state index in [0.29, 0.717) is 17.8 Å². The molecule has 0 aliphatic heterocycles. The second-order valence-electron chi connectivity index (χ2n) is 6.20. The predicted octanol–water partition coefficient (Wildman–Crippen LogP) is 3.02. The van der Waals surface area contributed by atoms with Crippen molar-refractivity contribution in [2.45, 2.75) is 63.8 Å². The Balaban J connectivity index is 1.71. The summed E-state index contributed by atoms with van der Waals surface area (Å²) in [6, 6.07) is 2.46. The van der Waals surface area contributed by atoms with Gasteiger partial charge in [-0.05, 0) is 31.6 Å². The molecule has 3 rings (SSSR count). The van der Waals surface area contributed by atoms with Gasteiger partial charge < -0.3 is 10.7 Å². The zero-order chi connectivity index (χ0) is 13.9. The van der Waals surface area contributed by atoms with E-state index in [0.717, 1.165) is 17.6 Å². The molecule has 2 aliphatic rings. The van der Waals surface area contributed by atoms with Gasteiger partial charge in [-0.3, -0.25) is 0 Å². The van der Waals surface area contributed by atoms with Crippen LogP contribution >= 0.6 is 0 Å². The van der Waals surface area contributed by atoms with E-state index >= 15 is 0 Å². The molecule has 0 bridgehead atoms. The third-order valence-corrected chi connectivity index (χ3v) is 4.55. The first-order chi connectivity index (χ1) is 9.78. The Labute approximate surface area is 120 Å². The van der Waals surface area contributed by atoms with Crippen LogP contribution in [0.25, 0.3) is 0 Å². The highest BCUT2D eigenvalue weighted by molar-refractivity contribution is 5.48. The molecule has 0 saturated heterocycles. The topological polar surface area (TPSA) is 75.9 Å². The minimum atomic E-state index is 0.540. The minimum absolute atomic E-state index is 0.540. The van der Waals surface area contributed by atoms with Crippen LogP contribution in [0.4, 0.5) is 11.6 Å². The number of rotatable bonds is 5. The van der Waals surface area contributed by atoms with Gasteiger partial charge in [0.2, 0.25) is 0 Å². The standard InChI is InChI=1S/C15H25N5/c1-2-10-4-3-5-12(8-10)17-13-9-14(20-16)19-15(18-13)11-6-7-11/h9-12H,2-8,16H2,1H3,(H2,17,18,19,20). The van der Waals surface area contributed by atoms with Crippen LogP contribution in [0.15, 0.2) is 6.07 Å². The highest BCUT2D eigenvalue weighted by Crippen LogP contribution is 2.39. The Hall–Kier alpha value is -1.36. The monoisotopic (exact) mass is 275 g/mol. The first-order valence-corrected chi connectivity index (χ1v) is 7.90. The number of nitrogens with one attached hydrogen (secondary N) is 2. The van der Waals surface area contributed by atoms with E-state index < -0.39 is 0 Å². The molecule has 2 atom stereocenters. The van der Waals surface area contributed by atoms with Gasteiger partial charge in [-0.1, -0.05) is 26.2 Å². The van der Waals surface area contributed by atoms with Crippen LogP contribution < -0.4 is 16.6 Å². The van der Waals surface area contributed by atoms with Gasteiger partial charge in [0.25, 0.3) is 0 Å². The highest BCUT2D eigenvalue weighted by Gasteiger charge is 2.28. The maximum absolute atomic E-state index is 5.52. The third-order valence-electron chi connectivity index (χ3n) is 4.55. The van der Waals surface area contributed by atoms with Crippen LogP contribution in [0.2, 0.25) is 0 Å². The molecular formula is C15H25N5. The van der Waals surface area contributed by atoms with E-state index in [-0.39, 0.29) is 0 Å². The Morgan fingerprint density at radius 2 is 2.00 bits per heavy atom. The van der Waals surface area contributed by atoms with Crippen molar-refractivity contribution in [3.8, 4) is 0 Å². The van der Waals surface area contributed by atoms with Crippen LogP contribution in [0.5, 0.6) is 0 Å². The summed E-state index contributed by atoms with van der Waals surface area (Å²) in [5.41, 5.74) is 2.66. The summed E-state index contributed by atoms with van der Waals surface area (Å²) in [7, 11) is 0. The molecule has 4 N–H and O–H groups in total. The van der Waals surface area contributed by atoms with Crippen molar-refractivity contribution >= 4 is 11.6 Å². The molecule has 1 aromatic heterocycles. The molecule has 1 aromatic rings. The number of hydrazine groups is 1. The summed E-state index contributed by atoms with van der Waals surface area (Å²) in [5, 5.41) is 3.60. The van der Waals surface area contributed by atoms with Crippen LogP contribution in [0.1, 0.15) is 63.6 Å². The van der Waals surface area contributed by atoms with Gasteiger partial charge in [-0.2, -0.15) is 0 Å². The summed E-state index contributed by atoms with van der Waals surface area (Å²) in [4.78, 5) is 9.12. The van der Waals surface area contributed by atoms with Gasteiger partial charge >= 0.3 is 0 Å². The summed E-state index contributed by atoms with van der Waals surface area (Å²) < 4.78 is 0. The zero-order valence-corrected chi connectivity index (χ0v) is 12.2. The van der Waals surface area contributed by atoms with Gasteiger partial charge in [0.15, 0.2) is 0 Å². The summed E-state index contributed by atoms with van der Waals surface area (Å²) in [5.74, 6) is 9.49. The summed E-state index contributed by atoms with van der Waals surface area (Å²) in [6.07, 6.45) is 8.88. The third kappa shape index (κ3) is 3.20. The molecule has 1 heterocycles.